The third-order valence-electron chi connectivity index (χ3n) is 3.93. The molecule has 1 aliphatic carbocycles. The molecule has 23 heavy (non-hydrogen) atoms. The predicted octanol–water partition coefficient (Wildman–Crippen LogP) is 2.18. The number of likely N-dealkylation sites (N-methyl/N-ethyl adjacent to an activating group) is 1. The van der Waals surface area contributed by atoms with E-state index in [2.05, 4.69) is 20.9 Å². The molecule has 0 aromatic carbocycles. The SMILES string of the molecule is CN(C(=O)C1CSCN1S(=O)(=O)c1cc(Br)cnc1Cl)C1CC1. The van der Waals surface area contributed by atoms with Crippen molar-refractivity contribution in [2.45, 2.75) is 29.8 Å². The molecule has 6 nitrogen and oxygen atoms in total. The van der Waals surface area contributed by atoms with Crippen LogP contribution in [-0.4, -0.2) is 59.3 Å². The third-order valence-corrected chi connectivity index (χ3v) is 7.82. The van der Waals surface area contributed by atoms with Crippen LogP contribution in [0.4, 0.5) is 0 Å². The second-order valence-corrected chi connectivity index (χ2v) is 9.66. The molecular weight excluding hydrogens is 426 g/mol. The minimum Gasteiger partial charge on any atom is -0.341 e. The van der Waals surface area contributed by atoms with Crippen LogP contribution in [0.15, 0.2) is 21.6 Å². The quantitative estimate of drug-likeness (QED) is 0.671. The van der Waals surface area contributed by atoms with E-state index in [1.54, 1.807) is 11.9 Å². The average molecular weight is 441 g/mol. The van der Waals surface area contributed by atoms with Crippen molar-refractivity contribution in [3.63, 3.8) is 0 Å². The van der Waals surface area contributed by atoms with E-state index in [1.807, 2.05) is 0 Å². The Morgan fingerprint density at radius 3 is 2.87 bits per heavy atom. The maximum atomic E-state index is 12.9. The van der Waals surface area contributed by atoms with Crippen LogP contribution in [0.25, 0.3) is 0 Å². The Kier molecular flexibility index (Phi) is 4.95. The van der Waals surface area contributed by atoms with Gasteiger partial charge in [-0.05, 0) is 34.8 Å². The van der Waals surface area contributed by atoms with Crippen LogP contribution >= 0.6 is 39.3 Å². The van der Waals surface area contributed by atoms with E-state index < -0.39 is 16.1 Å². The van der Waals surface area contributed by atoms with Crippen LogP contribution in [0.1, 0.15) is 12.8 Å². The van der Waals surface area contributed by atoms with Gasteiger partial charge in [0.1, 0.15) is 16.1 Å². The van der Waals surface area contributed by atoms with Gasteiger partial charge in [0.15, 0.2) is 0 Å². The molecule has 1 saturated carbocycles. The van der Waals surface area contributed by atoms with Gasteiger partial charge in [-0.15, -0.1) is 11.8 Å². The summed E-state index contributed by atoms with van der Waals surface area (Å²) in [6, 6.07) is 0.971. The zero-order valence-corrected chi connectivity index (χ0v) is 16.3. The number of nitrogens with zero attached hydrogens (tertiary/aromatic N) is 3. The molecule has 0 radical (unpaired) electrons. The molecule has 10 heteroatoms. The van der Waals surface area contributed by atoms with Crippen molar-refractivity contribution >= 4 is 55.2 Å². The largest absolute Gasteiger partial charge is 0.341 e. The number of hydrogen-bond acceptors (Lipinski definition) is 5. The fourth-order valence-corrected chi connectivity index (χ4v) is 6.50. The van der Waals surface area contributed by atoms with E-state index in [1.165, 1.54) is 28.3 Å². The molecule has 3 rings (SSSR count). The molecule has 1 aliphatic heterocycles. The summed E-state index contributed by atoms with van der Waals surface area (Å²) < 4.78 is 27.6. The average Bonchev–Trinajstić information content (AvgIpc) is 3.24. The normalized spacial score (nSPS) is 22.3. The van der Waals surface area contributed by atoms with Crippen molar-refractivity contribution in [3.8, 4) is 0 Å². The lowest BCUT2D eigenvalue weighted by molar-refractivity contribution is -0.133. The Morgan fingerprint density at radius 1 is 1.52 bits per heavy atom. The third kappa shape index (κ3) is 3.39. The Hall–Kier alpha value is -0.350. The van der Waals surface area contributed by atoms with E-state index in [0.29, 0.717) is 10.2 Å². The first-order chi connectivity index (χ1) is 10.8. The zero-order valence-electron chi connectivity index (χ0n) is 12.3. The van der Waals surface area contributed by atoms with Crippen LogP contribution in [0.5, 0.6) is 0 Å². The lowest BCUT2D eigenvalue weighted by Crippen LogP contribution is -2.48. The molecule has 1 saturated heterocycles. The number of carbonyl (C=O) groups excluding carboxylic acids is 1. The maximum Gasteiger partial charge on any atom is 0.247 e. The van der Waals surface area contributed by atoms with Crippen molar-refractivity contribution in [1.82, 2.24) is 14.2 Å². The second kappa shape index (κ2) is 6.51. The lowest BCUT2D eigenvalue weighted by Gasteiger charge is -2.27. The molecule has 2 fully saturated rings. The number of amides is 1. The minimum absolute atomic E-state index is 0.0806. The van der Waals surface area contributed by atoms with Gasteiger partial charge < -0.3 is 4.90 Å². The summed E-state index contributed by atoms with van der Waals surface area (Å²) in [5, 5.41) is -0.0909. The highest BCUT2D eigenvalue weighted by Crippen LogP contribution is 2.34. The standard InChI is InChI=1S/C13H15BrClN3O3S2/c1-17(9-2-3-9)13(19)10-6-22-7-18(10)23(20,21)11-4-8(14)5-16-12(11)15/h4-5,9-10H,2-3,6-7H2,1H3. The molecule has 1 aromatic rings. The highest BCUT2D eigenvalue weighted by Gasteiger charge is 2.44. The Morgan fingerprint density at radius 2 is 2.22 bits per heavy atom. The number of thioether (sulfide) groups is 1. The van der Waals surface area contributed by atoms with Crippen molar-refractivity contribution < 1.29 is 13.2 Å². The van der Waals surface area contributed by atoms with Crippen LogP contribution in [0, 0.1) is 0 Å². The molecule has 1 atom stereocenters. The molecule has 0 N–H and O–H groups in total. The molecule has 0 bridgehead atoms. The van der Waals surface area contributed by atoms with Crippen molar-refractivity contribution in [2.24, 2.45) is 0 Å². The zero-order chi connectivity index (χ0) is 16.8. The van der Waals surface area contributed by atoms with E-state index in [4.69, 9.17) is 11.6 Å². The predicted molar refractivity (Wildman–Crippen MR) is 92.9 cm³/mol. The molecule has 2 aliphatic rings. The number of rotatable bonds is 4. The molecular formula is C13H15BrClN3O3S2. The molecule has 0 spiro atoms. The van der Waals surface area contributed by atoms with E-state index in [9.17, 15) is 13.2 Å². The van der Waals surface area contributed by atoms with E-state index >= 15 is 0 Å². The monoisotopic (exact) mass is 439 g/mol. The van der Waals surface area contributed by atoms with Gasteiger partial charge in [-0.2, -0.15) is 4.31 Å². The van der Waals surface area contributed by atoms with Gasteiger partial charge in [-0.1, -0.05) is 11.6 Å². The van der Waals surface area contributed by atoms with Gasteiger partial charge in [0.05, 0.1) is 5.88 Å². The van der Waals surface area contributed by atoms with Crippen molar-refractivity contribution in [2.75, 3.05) is 18.7 Å². The van der Waals surface area contributed by atoms with Crippen molar-refractivity contribution in [1.29, 1.82) is 0 Å². The molecule has 1 aromatic heterocycles. The van der Waals surface area contributed by atoms with E-state index in [0.717, 1.165) is 12.8 Å². The van der Waals surface area contributed by atoms with Gasteiger partial charge >= 0.3 is 0 Å². The summed E-state index contributed by atoms with van der Waals surface area (Å²) in [6.07, 6.45) is 3.40. The van der Waals surface area contributed by atoms with Gasteiger partial charge in [-0.3, -0.25) is 4.79 Å². The lowest BCUT2D eigenvalue weighted by atomic mass is 10.3. The summed E-state index contributed by atoms with van der Waals surface area (Å²) in [7, 11) is -2.15. The summed E-state index contributed by atoms with van der Waals surface area (Å²) in [5.74, 6) is 0.536. The number of pyridine rings is 1. The van der Waals surface area contributed by atoms with Gasteiger partial charge in [-0.25, -0.2) is 13.4 Å². The number of carbonyl (C=O) groups is 1. The fourth-order valence-electron chi connectivity index (χ4n) is 2.45. The van der Waals surface area contributed by atoms with Gasteiger partial charge in [0.2, 0.25) is 15.9 Å². The summed E-state index contributed by atoms with van der Waals surface area (Å²) in [5.41, 5.74) is 0. The Balaban J connectivity index is 1.91. The van der Waals surface area contributed by atoms with Crippen LogP contribution < -0.4 is 0 Å². The molecule has 1 unspecified atom stereocenters. The first kappa shape index (κ1) is 17.5. The first-order valence-electron chi connectivity index (χ1n) is 6.99. The topological polar surface area (TPSA) is 70.6 Å². The smallest absolute Gasteiger partial charge is 0.247 e. The fraction of sp³-hybridized carbons (Fsp3) is 0.538. The number of aromatic nitrogens is 1. The van der Waals surface area contributed by atoms with E-state index in [-0.39, 0.29) is 27.9 Å². The summed E-state index contributed by atoms with van der Waals surface area (Å²) >= 11 is 10.6. The van der Waals surface area contributed by atoms with Crippen molar-refractivity contribution in [3.05, 3.63) is 21.9 Å². The van der Waals surface area contributed by atoms with Crippen LogP contribution in [0.3, 0.4) is 0 Å². The highest BCUT2D eigenvalue weighted by atomic mass is 79.9. The second-order valence-electron chi connectivity index (χ2n) is 5.53. The summed E-state index contributed by atoms with van der Waals surface area (Å²) in [4.78, 5) is 18.1. The molecule has 126 valence electrons. The van der Waals surface area contributed by atoms with Crippen LogP contribution in [-0.2, 0) is 14.8 Å². The number of sulfonamides is 1. The van der Waals surface area contributed by atoms with Crippen LogP contribution in [0.2, 0.25) is 5.15 Å². The number of halogens is 2. The number of hydrogen-bond donors (Lipinski definition) is 0. The highest BCUT2D eigenvalue weighted by molar-refractivity contribution is 9.10. The Labute approximate surface area is 152 Å². The van der Waals surface area contributed by atoms with Gasteiger partial charge in [0.25, 0.3) is 0 Å². The maximum absolute atomic E-state index is 12.9. The van der Waals surface area contributed by atoms with Gasteiger partial charge in [0, 0.05) is 29.5 Å². The minimum atomic E-state index is -3.88. The molecule has 1 amide bonds. The summed E-state index contributed by atoms with van der Waals surface area (Å²) in [6.45, 7) is 0. The molecule has 2 heterocycles. The Bertz CT molecular complexity index is 742. The first-order valence-corrected chi connectivity index (χ1v) is 10.8.